The lowest BCUT2D eigenvalue weighted by molar-refractivity contribution is -0.147. The molecule has 1 saturated heterocycles. The number of carbonyl (C=O) groups excluding carboxylic acids is 3. The van der Waals surface area contributed by atoms with E-state index in [2.05, 4.69) is 5.32 Å². The number of imide groups is 1. The molecular weight excluding hydrogens is 372 g/mol. The molecule has 152 valence electrons. The highest BCUT2D eigenvalue weighted by Crippen LogP contribution is 2.37. The number of amides is 3. The van der Waals surface area contributed by atoms with Crippen LogP contribution in [0.1, 0.15) is 24.0 Å². The maximum Gasteiger partial charge on any atom is 0.325 e. The minimum Gasteiger partial charge on any atom is -0.469 e. The summed E-state index contributed by atoms with van der Waals surface area (Å²) >= 11 is 0. The zero-order valence-electron chi connectivity index (χ0n) is 16.3. The van der Waals surface area contributed by atoms with Crippen LogP contribution < -0.4 is 5.32 Å². The van der Waals surface area contributed by atoms with Gasteiger partial charge in [-0.15, -0.1) is 0 Å². The quantitative estimate of drug-likeness (QED) is 0.400. The number of hydrogen-bond donors (Lipinski definition) is 1. The van der Waals surface area contributed by atoms with Crippen LogP contribution in [0.4, 0.5) is 4.79 Å². The van der Waals surface area contributed by atoms with Crippen molar-refractivity contribution in [2.75, 3.05) is 20.3 Å². The minimum absolute atomic E-state index is 0.254. The third kappa shape index (κ3) is 4.46. The summed E-state index contributed by atoms with van der Waals surface area (Å²) < 4.78 is 10.5. The molecule has 1 fully saturated rings. The van der Waals surface area contributed by atoms with Crippen molar-refractivity contribution < 1.29 is 23.9 Å². The number of esters is 1. The second-order valence-corrected chi connectivity index (χ2v) is 6.78. The number of hydrogen-bond acceptors (Lipinski definition) is 5. The summed E-state index contributed by atoms with van der Waals surface area (Å²) in [5.41, 5.74) is 0.204. The number of urea groups is 1. The lowest BCUT2D eigenvalue weighted by atomic mass is 9.85. The van der Waals surface area contributed by atoms with Crippen LogP contribution in [-0.2, 0) is 31.2 Å². The fraction of sp³-hybridized carbons (Fsp3) is 0.318. The maximum atomic E-state index is 12.8. The smallest absolute Gasteiger partial charge is 0.325 e. The van der Waals surface area contributed by atoms with Gasteiger partial charge < -0.3 is 14.4 Å². The Balaban J connectivity index is 1.72. The van der Waals surface area contributed by atoms with E-state index in [0.717, 1.165) is 5.56 Å². The van der Waals surface area contributed by atoms with Crippen LogP contribution in [0.2, 0.25) is 0 Å². The summed E-state index contributed by atoms with van der Waals surface area (Å²) in [5.74, 6) is -1.09. The van der Waals surface area contributed by atoms with E-state index in [4.69, 9.17) is 9.47 Å². The van der Waals surface area contributed by atoms with E-state index in [-0.39, 0.29) is 13.0 Å². The van der Waals surface area contributed by atoms with Crippen LogP contribution in [0.25, 0.3) is 0 Å². The SMILES string of the molecule is COC(=O)C[C@]1(c2ccccc2)C(=O)NC(=O)N1CCCOCc1ccccc1. The standard InChI is InChI=1S/C22H24N2O5/c1-28-19(25)15-22(18-11-6-3-7-12-18)20(26)23-21(27)24(22)13-8-14-29-16-17-9-4-2-5-10-17/h2-7,9-12H,8,13-16H2,1H3,(H,23,26,27)/t22-/m0/s1. The van der Waals surface area contributed by atoms with Crippen molar-refractivity contribution in [3.05, 3.63) is 71.8 Å². The first-order chi connectivity index (χ1) is 14.1. The van der Waals surface area contributed by atoms with Gasteiger partial charge in [-0.25, -0.2) is 4.79 Å². The summed E-state index contributed by atoms with van der Waals surface area (Å²) in [6, 6.07) is 18.1. The third-order valence-corrected chi connectivity index (χ3v) is 4.96. The van der Waals surface area contributed by atoms with Gasteiger partial charge in [0.1, 0.15) is 0 Å². The van der Waals surface area contributed by atoms with Crippen molar-refractivity contribution in [2.24, 2.45) is 0 Å². The first-order valence-corrected chi connectivity index (χ1v) is 9.45. The number of methoxy groups -OCH3 is 1. The van der Waals surface area contributed by atoms with E-state index in [9.17, 15) is 14.4 Å². The van der Waals surface area contributed by atoms with Crippen LogP contribution in [0.5, 0.6) is 0 Å². The molecule has 3 amide bonds. The van der Waals surface area contributed by atoms with Crippen molar-refractivity contribution in [3.63, 3.8) is 0 Å². The van der Waals surface area contributed by atoms with Crippen molar-refractivity contribution in [1.29, 1.82) is 0 Å². The molecule has 0 spiro atoms. The lowest BCUT2D eigenvalue weighted by Gasteiger charge is -2.35. The van der Waals surface area contributed by atoms with Crippen molar-refractivity contribution in [3.8, 4) is 0 Å². The van der Waals surface area contributed by atoms with Crippen LogP contribution in [0, 0.1) is 0 Å². The normalized spacial score (nSPS) is 18.6. The number of benzene rings is 2. The summed E-state index contributed by atoms with van der Waals surface area (Å²) in [6.45, 7) is 1.15. The highest BCUT2D eigenvalue weighted by Gasteiger charge is 2.55. The number of ether oxygens (including phenoxy) is 2. The Kier molecular flexibility index (Phi) is 6.61. The van der Waals surface area contributed by atoms with Gasteiger partial charge in [0.2, 0.25) is 0 Å². The van der Waals surface area contributed by atoms with Crippen molar-refractivity contribution >= 4 is 17.9 Å². The first kappa shape index (κ1) is 20.5. The average Bonchev–Trinajstić information content (AvgIpc) is 2.99. The topological polar surface area (TPSA) is 84.9 Å². The number of carbonyl (C=O) groups is 3. The highest BCUT2D eigenvalue weighted by atomic mass is 16.5. The van der Waals surface area contributed by atoms with Crippen LogP contribution in [0.15, 0.2) is 60.7 Å². The predicted octanol–water partition coefficient (Wildman–Crippen LogP) is 2.60. The molecule has 29 heavy (non-hydrogen) atoms. The van der Waals surface area contributed by atoms with E-state index in [1.54, 1.807) is 24.3 Å². The molecule has 7 heteroatoms. The van der Waals surface area contributed by atoms with E-state index >= 15 is 0 Å². The van der Waals surface area contributed by atoms with Gasteiger partial charge in [0.15, 0.2) is 5.54 Å². The average molecular weight is 396 g/mol. The van der Waals surface area contributed by atoms with E-state index in [1.807, 2.05) is 36.4 Å². The molecule has 3 rings (SSSR count). The van der Waals surface area contributed by atoms with Crippen LogP contribution in [0.3, 0.4) is 0 Å². The third-order valence-electron chi connectivity index (χ3n) is 4.96. The Morgan fingerprint density at radius 1 is 1.03 bits per heavy atom. The molecule has 0 radical (unpaired) electrons. The summed E-state index contributed by atoms with van der Waals surface area (Å²) in [7, 11) is 1.26. The Bertz CT molecular complexity index is 856. The monoisotopic (exact) mass is 396 g/mol. The zero-order chi connectivity index (χ0) is 20.7. The molecule has 7 nitrogen and oxygen atoms in total. The fourth-order valence-electron chi connectivity index (χ4n) is 3.50. The molecule has 2 aromatic carbocycles. The fourth-order valence-corrected chi connectivity index (χ4v) is 3.50. The Morgan fingerprint density at radius 2 is 1.69 bits per heavy atom. The molecule has 1 heterocycles. The van der Waals surface area contributed by atoms with Gasteiger partial charge in [-0.05, 0) is 17.5 Å². The van der Waals surface area contributed by atoms with Gasteiger partial charge in [0.25, 0.3) is 5.91 Å². The number of nitrogens with one attached hydrogen (secondary N) is 1. The number of rotatable bonds is 9. The molecule has 2 aromatic rings. The molecule has 0 unspecified atom stereocenters. The molecule has 0 bridgehead atoms. The molecular formula is C22H24N2O5. The highest BCUT2D eigenvalue weighted by molar-refractivity contribution is 6.09. The molecule has 1 aliphatic rings. The van der Waals surface area contributed by atoms with Gasteiger partial charge in [0.05, 0.1) is 20.1 Å². The molecule has 1 N–H and O–H groups in total. The van der Waals surface area contributed by atoms with Gasteiger partial charge in [0, 0.05) is 13.2 Å². The Labute approximate surface area is 169 Å². The predicted molar refractivity (Wildman–Crippen MR) is 106 cm³/mol. The molecule has 1 atom stereocenters. The molecule has 1 aliphatic heterocycles. The van der Waals surface area contributed by atoms with E-state index in [0.29, 0.717) is 25.2 Å². The van der Waals surface area contributed by atoms with Gasteiger partial charge in [-0.2, -0.15) is 0 Å². The van der Waals surface area contributed by atoms with Crippen LogP contribution in [-0.4, -0.2) is 43.1 Å². The maximum absolute atomic E-state index is 12.8. The molecule has 0 saturated carbocycles. The van der Waals surface area contributed by atoms with Gasteiger partial charge in [-0.1, -0.05) is 60.7 Å². The van der Waals surface area contributed by atoms with Crippen molar-refractivity contribution in [2.45, 2.75) is 25.0 Å². The Hall–Kier alpha value is -3.19. The van der Waals surface area contributed by atoms with Gasteiger partial charge >= 0.3 is 12.0 Å². The second-order valence-electron chi connectivity index (χ2n) is 6.78. The summed E-state index contributed by atoms with van der Waals surface area (Å²) in [5, 5.41) is 2.35. The van der Waals surface area contributed by atoms with E-state index in [1.165, 1.54) is 12.0 Å². The minimum atomic E-state index is -1.43. The van der Waals surface area contributed by atoms with E-state index < -0.39 is 23.4 Å². The molecule has 0 aromatic heterocycles. The second kappa shape index (κ2) is 9.34. The number of nitrogens with zero attached hydrogens (tertiary/aromatic N) is 1. The van der Waals surface area contributed by atoms with Crippen LogP contribution >= 0.6 is 0 Å². The molecule has 0 aliphatic carbocycles. The van der Waals surface area contributed by atoms with Gasteiger partial charge in [-0.3, -0.25) is 14.9 Å². The Morgan fingerprint density at radius 3 is 2.34 bits per heavy atom. The first-order valence-electron chi connectivity index (χ1n) is 9.45. The lowest BCUT2D eigenvalue weighted by Crippen LogP contribution is -2.49. The summed E-state index contributed by atoms with van der Waals surface area (Å²) in [4.78, 5) is 38.9. The largest absolute Gasteiger partial charge is 0.469 e. The van der Waals surface area contributed by atoms with Crippen molar-refractivity contribution in [1.82, 2.24) is 10.2 Å². The zero-order valence-corrected chi connectivity index (χ0v) is 16.3. The summed E-state index contributed by atoms with van der Waals surface area (Å²) in [6.07, 6.45) is 0.263.